The molecule has 4 rings (SSSR count). The molecule has 2 amide bonds. The van der Waals surface area contributed by atoms with E-state index in [9.17, 15) is 18.8 Å². The monoisotopic (exact) mass is 377 g/mol. The second kappa shape index (κ2) is 5.91. The van der Waals surface area contributed by atoms with Gasteiger partial charge in [0.25, 0.3) is 0 Å². The van der Waals surface area contributed by atoms with E-state index in [2.05, 4.69) is 0 Å². The predicted octanol–water partition coefficient (Wildman–Crippen LogP) is 3.36. The van der Waals surface area contributed by atoms with E-state index in [-0.39, 0.29) is 34.2 Å². The first kappa shape index (κ1) is 17.2. The van der Waals surface area contributed by atoms with Crippen LogP contribution >= 0.6 is 11.6 Å². The first-order valence-electron chi connectivity index (χ1n) is 8.55. The number of carbonyl (C=O) groups is 3. The fraction of sp³-hybridized carbons (Fsp3) is 0.421. The third-order valence-electron chi connectivity index (χ3n) is 5.31. The Labute approximate surface area is 154 Å². The fourth-order valence-corrected chi connectivity index (χ4v) is 4.51. The van der Waals surface area contributed by atoms with Crippen molar-refractivity contribution < 1.29 is 23.5 Å². The number of benzene rings is 1. The summed E-state index contributed by atoms with van der Waals surface area (Å²) in [6.45, 7) is 3.35. The van der Waals surface area contributed by atoms with Gasteiger partial charge >= 0.3 is 5.97 Å². The van der Waals surface area contributed by atoms with Gasteiger partial charge in [-0.2, -0.15) is 0 Å². The first-order chi connectivity index (χ1) is 12.3. The number of imide groups is 1. The van der Waals surface area contributed by atoms with Gasteiger partial charge in [-0.25, -0.2) is 14.1 Å². The lowest BCUT2D eigenvalue weighted by Crippen LogP contribution is -2.33. The summed E-state index contributed by atoms with van der Waals surface area (Å²) in [6.07, 6.45) is 4.33. The number of hydrogen-bond donors (Lipinski definition) is 0. The van der Waals surface area contributed by atoms with Gasteiger partial charge in [0.2, 0.25) is 11.8 Å². The van der Waals surface area contributed by atoms with Gasteiger partial charge < -0.3 is 4.74 Å². The molecule has 0 spiro atoms. The van der Waals surface area contributed by atoms with Crippen molar-refractivity contribution in [2.75, 3.05) is 4.90 Å². The van der Waals surface area contributed by atoms with Crippen molar-refractivity contribution in [1.82, 2.24) is 0 Å². The van der Waals surface area contributed by atoms with Crippen LogP contribution in [0.4, 0.5) is 10.1 Å². The number of anilines is 1. The topological polar surface area (TPSA) is 63.7 Å². The van der Waals surface area contributed by atoms with Crippen molar-refractivity contribution in [3.05, 3.63) is 40.7 Å². The number of hydrogen-bond acceptors (Lipinski definition) is 4. The molecular weight excluding hydrogens is 361 g/mol. The summed E-state index contributed by atoms with van der Waals surface area (Å²) in [7, 11) is 0. The summed E-state index contributed by atoms with van der Waals surface area (Å²) in [5.41, 5.74) is -0.315. The zero-order valence-corrected chi connectivity index (χ0v) is 15.0. The van der Waals surface area contributed by atoms with Crippen molar-refractivity contribution in [3.8, 4) is 0 Å². The lowest BCUT2D eigenvalue weighted by atomic mass is 9.85. The Hall–Kier alpha value is -2.21. The first-order valence-corrected chi connectivity index (χ1v) is 8.93. The van der Waals surface area contributed by atoms with Crippen LogP contribution < -0.4 is 4.90 Å². The lowest BCUT2D eigenvalue weighted by molar-refractivity contribution is -0.123. The molecule has 1 saturated heterocycles. The highest BCUT2D eigenvalue weighted by Gasteiger charge is 2.60. The molecule has 4 atom stereocenters. The highest BCUT2D eigenvalue weighted by molar-refractivity contribution is 6.34. The van der Waals surface area contributed by atoms with Crippen LogP contribution in [0.25, 0.3) is 0 Å². The second-order valence-electron chi connectivity index (χ2n) is 7.25. The van der Waals surface area contributed by atoms with E-state index in [0.29, 0.717) is 0 Å². The number of carbonyl (C=O) groups excluding carboxylic acids is 3. The fourth-order valence-electron chi connectivity index (χ4n) is 4.28. The molecule has 3 aliphatic rings. The third kappa shape index (κ3) is 2.39. The van der Waals surface area contributed by atoms with Crippen molar-refractivity contribution >= 4 is 35.1 Å². The summed E-state index contributed by atoms with van der Waals surface area (Å²) in [5, 5.41) is -0.127. The Bertz CT molecular complexity index is 835. The van der Waals surface area contributed by atoms with Crippen LogP contribution in [0.15, 0.2) is 24.3 Å². The number of ether oxygens (including phenoxy) is 1. The van der Waals surface area contributed by atoms with Gasteiger partial charge in [-0.1, -0.05) is 23.8 Å². The van der Waals surface area contributed by atoms with E-state index in [1.165, 1.54) is 0 Å². The molecular formula is C19H17ClFNO4. The molecule has 1 heterocycles. The van der Waals surface area contributed by atoms with E-state index >= 15 is 0 Å². The highest BCUT2D eigenvalue weighted by atomic mass is 35.5. The number of allylic oxidation sites excluding steroid dienone is 2. The molecule has 26 heavy (non-hydrogen) atoms. The molecule has 1 aromatic carbocycles. The minimum absolute atomic E-state index is 0.0205. The summed E-state index contributed by atoms with van der Waals surface area (Å²) in [4.78, 5) is 38.8. The summed E-state index contributed by atoms with van der Waals surface area (Å²) < 4.78 is 19.6. The van der Waals surface area contributed by atoms with Crippen LogP contribution in [0.2, 0.25) is 5.02 Å². The largest absolute Gasteiger partial charge is 0.459 e. The summed E-state index contributed by atoms with van der Waals surface area (Å²) in [5.74, 6) is -3.23. The standard InChI is InChI=1S/C19H17ClFNO4/c1-8(2)26-19(25)11-6-14(13(21)7-12(11)20)22-17(23)15-9-3-4-10(5-9)16(15)18(22)24/h3-4,6-10,15-16H,5H2,1-2H3. The molecule has 2 aliphatic carbocycles. The van der Waals surface area contributed by atoms with Crippen LogP contribution in [0.5, 0.6) is 0 Å². The number of fused-ring (bicyclic) bond motifs is 5. The van der Waals surface area contributed by atoms with Gasteiger partial charge in [0.15, 0.2) is 0 Å². The molecule has 1 saturated carbocycles. The summed E-state index contributed by atoms with van der Waals surface area (Å²) in [6, 6.07) is 2.07. The molecule has 0 radical (unpaired) electrons. The maximum atomic E-state index is 14.5. The van der Waals surface area contributed by atoms with Crippen molar-refractivity contribution in [2.24, 2.45) is 23.7 Å². The van der Waals surface area contributed by atoms with E-state index < -0.39 is 35.4 Å². The highest BCUT2D eigenvalue weighted by Crippen LogP contribution is 2.53. The van der Waals surface area contributed by atoms with Gasteiger partial charge in [-0.15, -0.1) is 0 Å². The molecule has 2 fully saturated rings. The predicted molar refractivity (Wildman–Crippen MR) is 92.2 cm³/mol. The van der Waals surface area contributed by atoms with Crippen LogP contribution in [0.3, 0.4) is 0 Å². The number of nitrogens with zero attached hydrogens (tertiary/aromatic N) is 1. The molecule has 0 N–H and O–H groups in total. The van der Waals surface area contributed by atoms with Crippen LogP contribution in [-0.4, -0.2) is 23.9 Å². The number of rotatable bonds is 3. The quantitative estimate of drug-likeness (QED) is 0.460. The van der Waals surface area contributed by atoms with Crippen LogP contribution in [0, 0.1) is 29.5 Å². The van der Waals surface area contributed by atoms with E-state index in [4.69, 9.17) is 16.3 Å². The Balaban J connectivity index is 1.73. The summed E-state index contributed by atoms with van der Waals surface area (Å²) >= 11 is 5.97. The molecule has 0 aromatic heterocycles. The normalized spacial score (nSPS) is 29.0. The number of amides is 2. The maximum Gasteiger partial charge on any atom is 0.339 e. The van der Waals surface area contributed by atoms with Gasteiger partial charge in [0.05, 0.1) is 34.2 Å². The second-order valence-corrected chi connectivity index (χ2v) is 7.66. The smallest absolute Gasteiger partial charge is 0.339 e. The van der Waals surface area contributed by atoms with Gasteiger partial charge in [0, 0.05) is 0 Å². The Morgan fingerprint density at radius 3 is 2.31 bits per heavy atom. The van der Waals surface area contributed by atoms with E-state index in [0.717, 1.165) is 23.5 Å². The molecule has 1 aliphatic heterocycles. The van der Waals surface area contributed by atoms with Gasteiger partial charge in [-0.05, 0) is 44.2 Å². The van der Waals surface area contributed by atoms with Crippen molar-refractivity contribution in [3.63, 3.8) is 0 Å². The number of esters is 1. The Kier molecular flexibility index (Phi) is 3.91. The number of halogens is 2. The third-order valence-corrected chi connectivity index (χ3v) is 5.62. The average molecular weight is 378 g/mol. The van der Waals surface area contributed by atoms with Crippen LogP contribution in [0.1, 0.15) is 30.6 Å². The van der Waals surface area contributed by atoms with Gasteiger partial charge in [-0.3, -0.25) is 9.59 Å². The SMILES string of the molecule is CC(C)OC(=O)c1cc(N2C(=O)C3C4C=CC(C4)C3C2=O)c(F)cc1Cl. The Morgan fingerprint density at radius 2 is 1.77 bits per heavy atom. The minimum Gasteiger partial charge on any atom is -0.459 e. The van der Waals surface area contributed by atoms with E-state index in [1.807, 2.05) is 12.2 Å². The molecule has 5 nitrogen and oxygen atoms in total. The maximum absolute atomic E-state index is 14.5. The zero-order valence-electron chi connectivity index (χ0n) is 14.2. The van der Waals surface area contributed by atoms with Crippen molar-refractivity contribution in [2.45, 2.75) is 26.4 Å². The van der Waals surface area contributed by atoms with Gasteiger partial charge in [0.1, 0.15) is 5.82 Å². The molecule has 4 unspecified atom stereocenters. The Morgan fingerprint density at radius 1 is 1.19 bits per heavy atom. The molecule has 7 heteroatoms. The lowest BCUT2D eigenvalue weighted by Gasteiger charge is -2.19. The molecule has 136 valence electrons. The molecule has 2 bridgehead atoms. The van der Waals surface area contributed by atoms with E-state index in [1.54, 1.807) is 13.8 Å². The van der Waals surface area contributed by atoms with Crippen molar-refractivity contribution in [1.29, 1.82) is 0 Å². The molecule has 1 aromatic rings. The minimum atomic E-state index is -0.821. The zero-order chi connectivity index (χ0) is 18.7. The van der Waals surface area contributed by atoms with Crippen LogP contribution in [-0.2, 0) is 14.3 Å². The average Bonchev–Trinajstić information content (AvgIpc) is 3.22.